The second-order valence-electron chi connectivity index (χ2n) is 9.06. The van der Waals surface area contributed by atoms with Gasteiger partial charge < -0.3 is 25.8 Å². The van der Waals surface area contributed by atoms with Crippen LogP contribution >= 0.6 is 0 Å². The Labute approximate surface area is 203 Å². The van der Waals surface area contributed by atoms with Crippen LogP contribution in [0.1, 0.15) is 62.4 Å². The number of carbonyl (C=O) groups is 2. The third kappa shape index (κ3) is 6.97. The maximum absolute atomic E-state index is 13.1. The minimum atomic E-state index is -0.334. The average Bonchev–Trinajstić information content (AvgIpc) is 3.37. The van der Waals surface area contributed by atoms with Crippen LogP contribution in [0, 0.1) is 0 Å². The van der Waals surface area contributed by atoms with Crippen LogP contribution in [0.4, 0.5) is 21.9 Å². The average molecular weight is 466 g/mol. The highest BCUT2D eigenvalue weighted by atomic mass is 16.2. The zero-order valence-corrected chi connectivity index (χ0v) is 21.0. The normalized spacial score (nSPS) is 13.4. The van der Waals surface area contributed by atoms with Crippen molar-refractivity contribution in [3.63, 3.8) is 0 Å². The van der Waals surface area contributed by atoms with E-state index in [1.54, 1.807) is 6.07 Å². The Hall–Kier alpha value is -3.06. The highest BCUT2D eigenvalue weighted by Gasteiger charge is 2.20. The van der Waals surface area contributed by atoms with Gasteiger partial charge in [-0.2, -0.15) is 0 Å². The van der Waals surface area contributed by atoms with Gasteiger partial charge >= 0.3 is 6.03 Å². The molecule has 2 aromatic rings. The van der Waals surface area contributed by atoms with Crippen molar-refractivity contribution in [3.05, 3.63) is 53.6 Å². The first kappa shape index (κ1) is 25.6. The third-order valence-corrected chi connectivity index (χ3v) is 6.39. The molecule has 1 aliphatic heterocycles. The van der Waals surface area contributed by atoms with E-state index in [2.05, 4.69) is 53.4 Å². The van der Waals surface area contributed by atoms with E-state index >= 15 is 0 Å². The maximum atomic E-state index is 13.1. The summed E-state index contributed by atoms with van der Waals surface area (Å²) in [4.78, 5) is 30.2. The predicted molar refractivity (Wildman–Crippen MR) is 141 cm³/mol. The van der Waals surface area contributed by atoms with Gasteiger partial charge in [-0.15, -0.1) is 0 Å². The van der Waals surface area contributed by atoms with Crippen LogP contribution in [0.25, 0.3) is 0 Å². The quantitative estimate of drug-likeness (QED) is 0.455. The zero-order valence-electron chi connectivity index (χ0n) is 21.0. The molecule has 0 aromatic heterocycles. The van der Waals surface area contributed by atoms with E-state index < -0.39 is 0 Å². The number of urea groups is 1. The largest absolute Gasteiger partial charge is 0.371 e. The lowest BCUT2D eigenvalue weighted by atomic mass is 10.0. The Morgan fingerprint density at radius 1 is 0.941 bits per heavy atom. The first-order valence-corrected chi connectivity index (χ1v) is 12.5. The Kier molecular flexibility index (Phi) is 9.33. The van der Waals surface area contributed by atoms with Crippen LogP contribution in [-0.2, 0) is 0 Å². The number of nitrogens with zero attached hydrogens (tertiary/aromatic N) is 2. The van der Waals surface area contributed by atoms with Crippen molar-refractivity contribution in [2.45, 2.75) is 46.5 Å². The molecule has 7 nitrogen and oxygen atoms in total. The summed E-state index contributed by atoms with van der Waals surface area (Å²) in [7, 11) is 0. The van der Waals surface area contributed by atoms with Gasteiger partial charge in [-0.1, -0.05) is 39.8 Å². The molecule has 1 heterocycles. The summed E-state index contributed by atoms with van der Waals surface area (Å²) in [6.45, 7) is 13.7. The van der Waals surface area contributed by atoms with Crippen LogP contribution in [0.5, 0.6) is 0 Å². The first-order chi connectivity index (χ1) is 16.4. The van der Waals surface area contributed by atoms with E-state index in [0.717, 1.165) is 56.9 Å². The van der Waals surface area contributed by atoms with Crippen LogP contribution in [0.3, 0.4) is 0 Å². The summed E-state index contributed by atoms with van der Waals surface area (Å²) in [6.07, 6.45) is 2.25. The molecule has 0 radical (unpaired) electrons. The SMILES string of the molecule is CCN(CC)CCNC(=O)c1cc(NC(=O)Nc2ccc(C(C)C)cc2)ccc1N1CCCC1. The van der Waals surface area contributed by atoms with Gasteiger partial charge in [0, 0.05) is 43.2 Å². The van der Waals surface area contributed by atoms with Crippen molar-refractivity contribution in [1.82, 2.24) is 10.2 Å². The highest BCUT2D eigenvalue weighted by molar-refractivity contribution is 6.04. The molecule has 184 valence electrons. The summed E-state index contributed by atoms with van der Waals surface area (Å²) in [5.74, 6) is 0.330. The lowest BCUT2D eigenvalue weighted by molar-refractivity contribution is 0.0949. The van der Waals surface area contributed by atoms with Gasteiger partial charge in [-0.05, 0) is 67.7 Å². The molecule has 1 saturated heterocycles. The summed E-state index contributed by atoms with van der Waals surface area (Å²) < 4.78 is 0. The third-order valence-electron chi connectivity index (χ3n) is 6.39. The summed E-state index contributed by atoms with van der Waals surface area (Å²) >= 11 is 0. The fourth-order valence-corrected chi connectivity index (χ4v) is 4.24. The molecule has 7 heteroatoms. The minimum Gasteiger partial charge on any atom is -0.371 e. The van der Waals surface area contributed by atoms with Crippen LogP contribution in [0.2, 0.25) is 0 Å². The number of likely N-dealkylation sites (N-methyl/N-ethyl adjacent to an activating group) is 1. The summed E-state index contributed by atoms with van der Waals surface area (Å²) in [6, 6.07) is 13.1. The minimum absolute atomic E-state index is 0.109. The van der Waals surface area contributed by atoms with E-state index in [-0.39, 0.29) is 11.9 Å². The van der Waals surface area contributed by atoms with E-state index in [0.29, 0.717) is 23.7 Å². The fourth-order valence-electron chi connectivity index (χ4n) is 4.24. The lowest BCUT2D eigenvalue weighted by Crippen LogP contribution is -2.35. The standard InChI is InChI=1S/C27H39N5O2/c1-5-31(6-2)18-15-28-26(33)24-19-23(13-14-25(24)32-16-7-8-17-32)30-27(34)29-22-11-9-21(10-12-22)20(3)4/h9-14,19-20H,5-8,15-18H2,1-4H3,(H,28,33)(H2,29,30,34). The van der Waals surface area contributed by atoms with Crippen LogP contribution in [0.15, 0.2) is 42.5 Å². The Morgan fingerprint density at radius 2 is 1.56 bits per heavy atom. The van der Waals surface area contributed by atoms with Gasteiger partial charge in [0.1, 0.15) is 0 Å². The van der Waals surface area contributed by atoms with Crippen molar-refractivity contribution in [3.8, 4) is 0 Å². The molecule has 0 atom stereocenters. The number of amides is 3. The number of nitrogens with one attached hydrogen (secondary N) is 3. The van der Waals surface area contributed by atoms with Crippen molar-refractivity contribution in [2.24, 2.45) is 0 Å². The molecule has 0 spiro atoms. The topological polar surface area (TPSA) is 76.7 Å². The van der Waals surface area contributed by atoms with Gasteiger partial charge in [0.25, 0.3) is 5.91 Å². The van der Waals surface area contributed by atoms with E-state index in [9.17, 15) is 9.59 Å². The Morgan fingerprint density at radius 3 is 2.18 bits per heavy atom. The Balaban J connectivity index is 1.69. The van der Waals surface area contributed by atoms with Gasteiger partial charge in [0.15, 0.2) is 0 Å². The Bertz CT molecular complexity index is 948. The van der Waals surface area contributed by atoms with Crippen molar-refractivity contribution in [1.29, 1.82) is 0 Å². The van der Waals surface area contributed by atoms with Crippen LogP contribution < -0.4 is 20.9 Å². The molecule has 34 heavy (non-hydrogen) atoms. The molecule has 3 amide bonds. The number of rotatable bonds is 10. The molecule has 0 aliphatic carbocycles. The molecule has 0 bridgehead atoms. The molecule has 3 N–H and O–H groups in total. The van der Waals surface area contributed by atoms with E-state index in [1.165, 1.54) is 5.56 Å². The van der Waals surface area contributed by atoms with Crippen molar-refractivity contribution < 1.29 is 9.59 Å². The molecule has 1 aliphatic rings. The molecule has 3 rings (SSSR count). The van der Waals surface area contributed by atoms with E-state index in [4.69, 9.17) is 0 Å². The molecule has 0 saturated carbocycles. The second kappa shape index (κ2) is 12.4. The predicted octanol–water partition coefficient (Wildman–Crippen LogP) is 5.13. The number of benzene rings is 2. The first-order valence-electron chi connectivity index (χ1n) is 12.5. The molecule has 2 aromatic carbocycles. The number of hydrogen-bond donors (Lipinski definition) is 3. The number of anilines is 3. The smallest absolute Gasteiger partial charge is 0.323 e. The van der Waals surface area contributed by atoms with Crippen molar-refractivity contribution in [2.75, 3.05) is 54.8 Å². The van der Waals surface area contributed by atoms with Crippen molar-refractivity contribution >= 4 is 29.0 Å². The molecular weight excluding hydrogens is 426 g/mol. The molecule has 0 unspecified atom stereocenters. The second-order valence-corrected chi connectivity index (χ2v) is 9.06. The maximum Gasteiger partial charge on any atom is 0.323 e. The van der Waals surface area contributed by atoms with Gasteiger partial charge in [0.05, 0.1) is 5.56 Å². The van der Waals surface area contributed by atoms with Gasteiger partial charge in [-0.25, -0.2) is 4.79 Å². The zero-order chi connectivity index (χ0) is 24.5. The fraction of sp³-hybridized carbons (Fsp3) is 0.481. The van der Waals surface area contributed by atoms with Gasteiger partial charge in [0.2, 0.25) is 0 Å². The highest BCUT2D eigenvalue weighted by Crippen LogP contribution is 2.28. The monoisotopic (exact) mass is 465 g/mol. The van der Waals surface area contributed by atoms with E-state index in [1.807, 2.05) is 36.4 Å². The molecular formula is C27H39N5O2. The number of hydrogen-bond acceptors (Lipinski definition) is 4. The van der Waals surface area contributed by atoms with Gasteiger partial charge in [-0.3, -0.25) is 4.79 Å². The summed E-state index contributed by atoms with van der Waals surface area (Å²) in [5, 5.41) is 8.81. The lowest BCUT2D eigenvalue weighted by Gasteiger charge is -2.23. The number of carbonyl (C=O) groups excluding carboxylic acids is 2. The molecule has 1 fully saturated rings. The van der Waals surface area contributed by atoms with Crippen LogP contribution in [-0.4, -0.2) is 56.1 Å². The summed E-state index contributed by atoms with van der Waals surface area (Å²) in [5.41, 5.74) is 4.06.